The van der Waals surface area contributed by atoms with Crippen LogP contribution in [0, 0.1) is 0 Å². The number of carbonyl (C=O) groups is 1. The third-order valence-corrected chi connectivity index (χ3v) is 3.38. The molecular weight excluding hydrogens is 302 g/mol. The van der Waals surface area contributed by atoms with E-state index in [1.165, 1.54) is 7.11 Å². The Bertz CT molecular complexity index is 834. The first-order chi connectivity index (χ1) is 10.7. The lowest BCUT2D eigenvalue weighted by Crippen LogP contribution is -2.04. The second kappa shape index (κ2) is 5.99. The zero-order valence-corrected chi connectivity index (χ0v) is 12.5. The molecule has 0 aliphatic rings. The molecule has 3 aromatic rings. The number of anilines is 2. The van der Waals surface area contributed by atoms with Gasteiger partial charge in [0.25, 0.3) is 0 Å². The fourth-order valence-corrected chi connectivity index (χ4v) is 2.24. The topological polar surface area (TPSA) is 64.1 Å². The molecular formula is C16H12ClN3O2. The predicted octanol–water partition coefficient (Wildman–Crippen LogP) is 3.81. The number of aromatic nitrogens is 2. The van der Waals surface area contributed by atoms with E-state index in [0.717, 1.165) is 10.8 Å². The lowest BCUT2D eigenvalue weighted by Gasteiger charge is -2.09. The Kier molecular flexibility index (Phi) is 3.89. The van der Waals surface area contributed by atoms with Crippen LogP contribution < -0.4 is 5.32 Å². The van der Waals surface area contributed by atoms with Gasteiger partial charge in [-0.25, -0.2) is 14.8 Å². The van der Waals surface area contributed by atoms with Crippen LogP contribution in [0.4, 0.5) is 11.5 Å². The Hall–Kier alpha value is -2.66. The lowest BCUT2D eigenvalue weighted by atomic mass is 10.1. The molecule has 110 valence electrons. The van der Waals surface area contributed by atoms with Crippen LogP contribution in [-0.4, -0.2) is 23.0 Å². The Morgan fingerprint density at radius 1 is 1.18 bits per heavy atom. The molecule has 0 saturated carbocycles. The first-order valence-electron chi connectivity index (χ1n) is 6.53. The molecule has 0 unspecified atom stereocenters. The number of esters is 1. The maximum Gasteiger partial charge on any atom is 0.356 e. The zero-order valence-electron chi connectivity index (χ0n) is 11.7. The quantitative estimate of drug-likeness (QED) is 0.745. The summed E-state index contributed by atoms with van der Waals surface area (Å²) in [6, 6.07) is 10.9. The number of nitrogens with zero attached hydrogens (tertiary/aromatic N) is 2. The number of nitrogens with one attached hydrogen (secondary N) is 1. The van der Waals surface area contributed by atoms with E-state index in [2.05, 4.69) is 20.0 Å². The van der Waals surface area contributed by atoms with Crippen LogP contribution in [0.3, 0.4) is 0 Å². The molecule has 0 aliphatic heterocycles. The summed E-state index contributed by atoms with van der Waals surface area (Å²) in [5, 5.41) is 5.75. The van der Waals surface area contributed by atoms with Gasteiger partial charge in [-0.15, -0.1) is 0 Å². The van der Waals surface area contributed by atoms with E-state index in [1.807, 2.05) is 24.3 Å². The number of pyridine rings is 2. The van der Waals surface area contributed by atoms with Crippen molar-refractivity contribution in [3.63, 3.8) is 0 Å². The van der Waals surface area contributed by atoms with Gasteiger partial charge in [0.1, 0.15) is 11.5 Å². The third-order valence-electron chi connectivity index (χ3n) is 3.15. The van der Waals surface area contributed by atoms with Gasteiger partial charge in [-0.1, -0.05) is 17.7 Å². The fraction of sp³-hybridized carbons (Fsp3) is 0.0625. The highest BCUT2D eigenvalue weighted by Gasteiger charge is 2.08. The second-order valence-corrected chi connectivity index (χ2v) is 5.01. The Morgan fingerprint density at radius 3 is 2.77 bits per heavy atom. The third kappa shape index (κ3) is 2.84. The minimum absolute atomic E-state index is 0.252. The molecule has 0 atom stereocenters. The first kappa shape index (κ1) is 14.3. The number of methoxy groups -OCH3 is 1. The molecule has 1 aromatic carbocycles. The highest BCUT2D eigenvalue weighted by Crippen LogP contribution is 2.26. The van der Waals surface area contributed by atoms with Gasteiger partial charge in [-0.2, -0.15) is 0 Å². The van der Waals surface area contributed by atoms with Gasteiger partial charge in [0.05, 0.1) is 19.0 Å². The van der Waals surface area contributed by atoms with Gasteiger partial charge in [-0.05, 0) is 35.7 Å². The number of hydrogen-bond acceptors (Lipinski definition) is 5. The molecule has 0 radical (unpaired) electrons. The maximum absolute atomic E-state index is 11.4. The first-order valence-corrected chi connectivity index (χ1v) is 6.91. The van der Waals surface area contributed by atoms with Gasteiger partial charge in [0, 0.05) is 16.6 Å². The van der Waals surface area contributed by atoms with Crippen molar-refractivity contribution in [2.45, 2.75) is 0 Å². The Morgan fingerprint density at radius 2 is 2.05 bits per heavy atom. The number of rotatable bonds is 3. The molecule has 2 heterocycles. The van der Waals surface area contributed by atoms with Crippen LogP contribution in [0.25, 0.3) is 10.8 Å². The second-order valence-electron chi connectivity index (χ2n) is 4.57. The van der Waals surface area contributed by atoms with Crippen molar-refractivity contribution in [2.24, 2.45) is 0 Å². The Balaban J connectivity index is 1.93. The van der Waals surface area contributed by atoms with Gasteiger partial charge >= 0.3 is 5.97 Å². The summed E-state index contributed by atoms with van der Waals surface area (Å²) in [5.41, 5.74) is 0.967. The molecule has 6 heteroatoms. The summed E-state index contributed by atoms with van der Waals surface area (Å²) in [6.45, 7) is 0. The predicted molar refractivity (Wildman–Crippen MR) is 85.6 cm³/mol. The van der Waals surface area contributed by atoms with Crippen molar-refractivity contribution in [3.05, 3.63) is 59.5 Å². The van der Waals surface area contributed by atoms with Gasteiger partial charge in [-0.3, -0.25) is 0 Å². The van der Waals surface area contributed by atoms with Crippen molar-refractivity contribution in [1.29, 1.82) is 0 Å². The van der Waals surface area contributed by atoms with Gasteiger partial charge in [0.15, 0.2) is 0 Å². The molecule has 3 rings (SSSR count). The van der Waals surface area contributed by atoms with E-state index >= 15 is 0 Å². The summed E-state index contributed by atoms with van der Waals surface area (Å²) in [4.78, 5) is 19.7. The zero-order chi connectivity index (χ0) is 15.5. The summed E-state index contributed by atoms with van der Waals surface area (Å²) in [5.74, 6) is 0.203. The molecule has 0 fully saturated rings. The largest absolute Gasteiger partial charge is 0.464 e. The number of halogens is 1. The fourth-order valence-electron chi connectivity index (χ4n) is 2.07. The van der Waals surface area contributed by atoms with Crippen LogP contribution in [-0.2, 0) is 4.74 Å². The van der Waals surface area contributed by atoms with E-state index in [1.54, 1.807) is 24.5 Å². The van der Waals surface area contributed by atoms with Crippen molar-refractivity contribution < 1.29 is 9.53 Å². The van der Waals surface area contributed by atoms with E-state index in [0.29, 0.717) is 16.5 Å². The number of hydrogen-bond donors (Lipinski definition) is 1. The molecule has 1 N–H and O–H groups in total. The minimum Gasteiger partial charge on any atom is -0.464 e. The highest BCUT2D eigenvalue weighted by molar-refractivity contribution is 6.31. The van der Waals surface area contributed by atoms with E-state index in [9.17, 15) is 4.79 Å². The summed E-state index contributed by atoms with van der Waals surface area (Å²) in [7, 11) is 1.32. The molecule has 0 spiro atoms. The molecule has 0 saturated heterocycles. The number of carbonyl (C=O) groups excluding carboxylic acids is 1. The molecule has 5 nitrogen and oxygen atoms in total. The SMILES string of the molecule is COC(=O)c1ccc(Nc2nccc3ccc(Cl)cc23)cn1. The molecule has 0 aliphatic carbocycles. The normalized spacial score (nSPS) is 10.5. The monoisotopic (exact) mass is 313 g/mol. The van der Waals surface area contributed by atoms with Crippen molar-refractivity contribution in [3.8, 4) is 0 Å². The average Bonchev–Trinajstić information content (AvgIpc) is 2.55. The average molecular weight is 314 g/mol. The van der Waals surface area contributed by atoms with Gasteiger partial charge in [0.2, 0.25) is 0 Å². The minimum atomic E-state index is -0.471. The van der Waals surface area contributed by atoms with Gasteiger partial charge < -0.3 is 10.1 Å². The number of ether oxygens (including phenoxy) is 1. The highest BCUT2D eigenvalue weighted by atomic mass is 35.5. The smallest absolute Gasteiger partial charge is 0.356 e. The maximum atomic E-state index is 11.4. The van der Waals surface area contributed by atoms with Crippen molar-refractivity contribution in [2.75, 3.05) is 12.4 Å². The summed E-state index contributed by atoms with van der Waals surface area (Å²) < 4.78 is 4.62. The molecule has 0 bridgehead atoms. The van der Waals surface area contributed by atoms with Crippen LogP contribution in [0.1, 0.15) is 10.5 Å². The Labute approximate surface area is 131 Å². The van der Waals surface area contributed by atoms with E-state index < -0.39 is 5.97 Å². The van der Waals surface area contributed by atoms with Crippen LogP contribution in [0.15, 0.2) is 48.8 Å². The van der Waals surface area contributed by atoms with Crippen LogP contribution in [0.5, 0.6) is 0 Å². The summed E-state index contributed by atoms with van der Waals surface area (Å²) >= 11 is 6.05. The number of fused-ring (bicyclic) bond motifs is 1. The van der Waals surface area contributed by atoms with Crippen molar-refractivity contribution >= 4 is 39.8 Å². The van der Waals surface area contributed by atoms with E-state index in [4.69, 9.17) is 11.6 Å². The molecule has 0 amide bonds. The van der Waals surface area contributed by atoms with Crippen LogP contribution >= 0.6 is 11.6 Å². The van der Waals surface area contributed by atoms with Crippen LogP contribution in [0.2, 0.25) is 5.02 Å². The summed E-state index contributed by atoms with van der Waals surface area (Å²) in [6.07, 6.45) is 3.27. The number of benzene rings is 1. The molecule has 2 aromatic heterocycles. The molecule has 22 heavy (non-hydrogen) atoms. The van der Waals surface area contributed by atoms with E-state index in [-0.39, 0.29) is 5.69 Å². The van der Waals surface area contributed by atoms with Crippen molar-refractivity contribution in [1.82, 2.24) is 9.97 Å². The standard InChI is InChI=1S/C16H12ClN3O2/c1-22-16(21)14-5-4-12(9-19-14)20-15-13-8-11(17)3-2-10(13)6-7-18-15/h2-9H,1H3,(H,18,20). The lowest BCUT2D eigenvalue weighted by molar-refractivity contribution is 0.0594.